The van der Waals surface area contributed by atoms with Crippen LogP contribution in [0.1, 0.15) is 43.6 Å². The van der Waals surface area contributed by atoms with E-state index in [1.807, 2.05) is 27.7 Å². The van der Waals surface area contributed by atoms with Crippen molar-refractivity contribution in [1.82, 2.24) is 0 Å². The van der Waals surface area contributed by atoms with Crippen molar-refractivity contribution in [3.05, 3.63) is 59.7 Å². The molecule has 0 fully saturated rings. The molecule has 0 aromatic heterocycles. The van der Waals surface area contributed by atoms with Gasteiger partial charge in [-0.1, -0.05) is 52.0 Å². The molecule has 20 heavy (non-hydrogen) atoms. The van der Waals surface area contributed by atoms with Gasteiger partial charge in [0, 0.05) is 0 Å². The van der Waals surface area contributed by atoms with E-state index >= 15 is 0 Å². The molecule has 2 N–H and O–H groups in total. The van der Waals surface area contributed by atoms with Gasteiger partial charge in [-0.05, 0) is 24.3 Å². The number of hydrogen-bond donors (Lipinski definition) is 2. The monoisotopic (exact) mass is 274 g/mol. The first kappa shape index (κ1) is 17.7. The zero-order valence-corrected chi connectivity index (χ0v) is 12.4. The summed E-state index contributed by atoms with van der Waals surface area (Å²) in [7, 11) is 0. The van der Waals surface area contributed by atoms with E-state index in [9.17, 15) is 15.0 Å². The highest BCUT2D eigenvalue weighted by Crippen LogP contribution is 2.24. The topological polar surface area (TPSA) is 57.5 Å². The average Bonchev–Trinajstić information content (AvgIpc) is 2.52. The maximum atomic E-state index is 12.0. The molecule has 0 radical (unpaired) electrons. The molecular formula is C17H22O3. The molecule has 0 bridgehead atoms. The fraction of sp³-hybridized carbons (Fsp3) is 0.235. The van der Waals surface area contributed by atoms with Crippen molar-refractivity contribution in [3.63, 3.8) is 0 Å². The molecule has 0 aliphatic carbocycles. The van der Waals surface area contributed by atoms with Crippen LogP contribution in [0.2, 0.25) is 0 Å². The fourth-order valence-corrected chi connectivity index (χ4v) is 1.48. The molecule has 2 aromatic rings. The van der Waals surface area contributed by atoms with Gasteiger partial charge in [0.1, 0.15) is 11.5 Å². The fourth-order valence-electron chi connectivity index (χ4n) is 1.48. The summed E-state index contributed by atoms with van der Waals surface area (Å²) >= 11 is 0. The van der Waals surface area contributed by atoms with Crippen molar-refractivity contribution in [1.29, 1.82) is 0 Å². The quantitative estimate of drug-likeness (QED) is 0.799. The van der Waals surface area contributed by atoms with Crippen LogP contribution in [0.4, 0.5) is 0 Å². The molecule has 3 nitrogen and oxygen atoms in total. The Kier molecular flexibility index (Phi) is 8.51. The summed E-state index contributed by atoms with van der Waals surface area (Å²) in [5.74, 6) is -0.567. The van der Waals surface area contributed by atoms with Crippen LogP contribution in [0, 0.1) is 0 Å². The standard InChI is InChI=1S/C13H10O3.2C2H6/c14-11-7-3-1-5-9(11)13(16)10-6-2-4-8-12(10)15;2*1-2/h1-8,14-15H;2*1-2H3. The van der Waals surface area contributed by atoms with Gasteiger partial charge in [0.15, 0.2) is 5.78 Å². The van der Waals surface area contributed by atoms with Gasteiger partial charge >= 0.3 is 0 Å². The number of benzene rings is 2. The van der Waals surface area contributed by atoms with Crippen molar-refractivity contribution >= 4 is 5.78 Å². The van der Waals surface area contributed by atoms with Crippen LogP contribution in [0.15, 0.2) is 48.5 Å². The first-order chi connectivity index (χ1) is 9.70. The van der Waals surface area contributed by atoms with Crippen LogP contribution in [-0.2, 0) is 0 Å². The molecule has 0 aliphatic rings. The maximum Gasteiger partial charge on any atom is 0.200 e. The van der Waals surface area contributed by atoms with Gasteiger partial charge in [-0.25, -0.2) is 0 Å². The third-order valence-electron chi connectivity index (χ3n) is 2.30. The third-order valence-corrected chi connectivity index (χ3v) is 2.30. The second-order valence-electron chi connectivity index (χ2n) is 3.36. The summed E-state index contributed by atoms with van der Waals surface area (Å²) < 4.78 is 0. The molecule has 2 aromatic carbocycles. The average molecular weight is 274 g/mol. The van der Waals surface area contributed by atoms with E-state index in [4.69, 9.17) is 0 Å². The van der Waals surface area contributed by atoms with Crippen molar-refractivity contribution in [2.75, 3.05) is 0 Å². The minimum absolute atomic E-state index is 0.0873. The van der Waals surface area contributed by atoms with Crippen LogP contribution in [0.3, 0.4) is 0 Å². The van der Waals surface area contributed by atoms with Crippen LogP contribution < -0.4 is 0 Å². The molecule has 0 amide bonds. The summed E-state index contributed by atoms with van der Waals surface area (Å²) in [5.41, 5.74) is 0.369. The van der Waals surface area contributed by atoms with Crippen LogP contribution in [0.5, 0.6) is 11.5 Å². The van der Waals surface area contributed by atoms with Crippen LogP contribution >= 0.6 is 0 Å². The highest BCUT2D eigenvalue weighted by molar-refractivity contribution is 6.12. The Morgan fingerprint density at radius 3 is 1.30 bits per heavy atom. The Morgan fingerprint density at radius 2 is 1.00 bits per heavy atom. The lowest BCUT2D eigenvalue weighted by molar-refractivity contribution is 0.103. The minimum atomic E-state index is -0.392. The molecule has 0 atom stereocenters. The van der Waals surface area contributed by atoms with Crippen LogP contribution in [0.25, 0.3) is 0 Å². The summed E-state index contributed by atoms with van der Waals surface area (Å²) in [6.45, 7) is 8.00. The molecular weight excluding hydrogens is 252 g/mol. The Labute approximate surface area is 120 Å². The van der Waals surface area contributed by atoms with Crippen LogP contribution in [-0.4, -0.2) is 16.0 Å². The van der Waals surface area contributed by atoms with E-state index in [-0.39, 0.29) is 22.6 Å². The number of carbonyl (C=O) groups is 1. The summed E-state index contributed by atoms with van der Waals surface area (Å²) in [4.78, 5) is 12.0. The van der Waals surface area contributed by atoms with E-state index in [0.29, 0.717) is 0 Å². The first-order valence-electron chi connectivity index (χ1n) is 6.81. The molecule has 2 rings (SSSR count). The predicted molar refractivity (Wildman–Crippen MR) is 82.3 cm³/mol. The molecule has 0 unspecified atom stereocenters. The van der Waals surface area contributed by atoms with Crippen molar-refractivity contribution in [3.8, 4) is 11.5 Å². The number of carbonyl (C=O) groups excluding carboxylic acids is 1. The number of aromatic hydroxyl groups is 2. The molecule has 0 spiro atoms. The van der Waals surface area contributed by atoms with Gasteiger partial charge in [-0.2, -0.15) is 0 Å². The maximum absolute atomic E-state index is 12.0. The summed E-state index contributed by atoms with van der Waals surface area (Å²) in [6, 6.07) is 12.5. The second kappa shape index (κ2) is 9.62. The normalized spacial score (nSPS) is 8.60. The van der Waals surface area contributed by atoms with Gasteiger partial charge in [0.2, 0.25) is 0 Å². The minimum Gasteiger partial charge on any atom is -0.507 e. The summed E-state index contributed by atoms with van der Waals surface area (Å²) in [5, 5.41) is 19.1. The zero-order chi connectivity index (χ0) is 15.5. The Balaban J connectivity index is 0.000000829. The molecule has 0 heterocycles. The molecule has 0 saturated carbocycles. The van der Waals surface area contributed by atoms with Gasteiger partial charge < -0.3 is 10.2 Å². The van der Waals surface area contributed by atoms with E-state index in [1.54, 1.807) is 24.3 Å². The second-order valence-corrected chi connectivity index (χ2v) is 3.36. The van der Waals surface area contributed by atoms with Crippen molar-refractivity contribution in [2.24, 2.45) is 0 Å². The van der Waals surface area contributed by atoms with Gasteiger partial charge in [0.05, 0.1) is 11.1 Å². The van der Waals surface area contributed by atoms with Crippen molar-refractivity contribution < 1.29 is 15.0 Å². The highest BCUT2D eigenvalue weighted by Gasteiger charge is 2.15. The Hall–Kier alpha value is -2.29. The third kappa shape index (κ3) is 4.43. The number of ketones is 1. The van der Waals surface area contributed by atoms with Gasteiger partial charge in [-0.15, -0.1) is 0 Å². The smallest absolute Gasteiger partial charge is 0.200 e. The molecule has 108 valence electrons. The van der Waals surface area contributed by atoms with E-state index in [0.717, 1.165) is 0 Å². The zero-order valence-electron chi connectivity index (χ0n) is 12.4. The van der Waals surface area contributed by atoms with Gasteiger partial charge in [0.25, 0.3) is 0 Å². The molecule has 3 heteroatoms. The number of rotatable bonds is 2. The lowest BCUT2D eigenvalue weighted by Crippen LogP contribution is -2.01. The number of phenolic OH excluding ortho intramolecular Hbond substituents is 2. The molecule has 0 saturated heterocycles. The largest absolute Gasteiger partial charge is 0.507 e. The van der Waals surface area contributed by atoms with Crippen molar-refractivity contribution in [2.45, 2.75) is 27.7 Å². The SMILES string of the molecule is CC.CC.O=C(c1ccccc1O)c1ccccc1O. The highest BCUT2D eigenvalue weighted by atomic mass is 16.3. The number of phenols is 2. The predicted octanol–water partition coefficient (Wildman–Crippen LogP) is 4.38. The number of para-hydroxylation sites is 2. The van der Waals surface area contributed by atoms with E-state index in [2.05, 4.69) is 0 Å². The Bertz CT molecular complexity index is 486. The number of hydrogen-bond acceptors (Lipinski definition) is 3. The van der Waals surface area contributed by atoms with Gasteiger partial charge in [-0.3, -0.25) is 4.79 Å². The summed E-state index contributed by atoms with van der Waals surface area (Å²) in [6.07, 6.45) is 0. The molecule has 0 aliphatic heterocycles. The Morgan fingerprint density at radius 1 is 0.700 bits per heavy atom. The lowest BCUT2D eigenvalue weighted by Gasteiger charge is -2.04. The first-order valence-corrected chi connectivity index (χ1v) is 6.81. The van der Waals surface area contributed by atoms with E-state index in [1.165, 1.54) is 24.3 Å². The lowest BCUT2D eigenvalue weighted by atomic mass is 10.0. The van der Waals surface area contributed by atoms with E-state index < -0.39 is 5.78 Å².